The smallest absolute Gasteiger partial charge is 0.314 e. The maximum absolute atomic E-state index is 11.8. The van der Waals surface area contributed by atoms with Crippen LogP contribution >= 0.6 is 0 Å². The van der Waals surface area contributed by atoms with E-state index in [9.17, 15) is 9.90 Å². The van der Waals surface area contributed by atoms with E-state index in [4.69, 9.17) is 9.47 Å². The summed E-state index contributed by atoms with van der Waals surface area (Å²) in [6, 6.07) is 7.52. The van der Waals surface area contributed by atoms with E-state index in [2.05, 4.69) is 13.8 Å². The number of carboxylic acid groups (broad SMARTS) is 1. The lowest BCUT2D eigenvalue weighted by molar-refractivity contribution is -0.147. The molecule has 1 aliphatic heterocycles. The largest absolute Gasteiger partial charge is 0.494 e. The summed E-state index contributed by atoms with van der Waals surface area (Å²) in [5.74, 6) is 0.569. The van der Waals surface area contributed by atoms with E-state index in [1.165, 1.54) is 0 Å². The summed E-state index contributed by atoms with van der Waals surface area (Å²) in [6.07, 6.45) is 2.01. The van der Waals surface area contributed by atoms with E-state index in [1.54, 1.807) is 0 Å². The first-order chi connectivity index (χ1) is 10.0. The number of benzene rings is 1. The molecule has 1 fully saturated rings. The van der Waals surface area contributed by atoms with Crippen LogP contribution in [0.25, 0.3) is 0 Å². The molecule has 0 spiro atoms. The Hall–Kier alpha value is -1.55. The van der Waals surface area contributed by atoms with E-state index in [0.29, 0.717) is 38.6 Å². The molecule has 1 aromatic rings. The molecule has 21 heavy (non-hydrogen) atoms. The second-order valence-corrected chi connectivity index (χ2v) is 6.06. The van der Waals surface area contributed by atoms with E-state index in [-0.39, 0.29) is 0 Å². The molecule has 0 amide bonds. The van der Waals surface area contributed by atoms with Crippen LogP contribution in [-0.4, -0.2) is 30.9 Å². The molecule has 1 heterocycles. The zero-order valence-corrected chi connectivity index (χ0v) is 12.8. The van der Waals surface area contributed by atoms with Crippen LogP contribution in [0.2, 0.25) is 0 Å². The van der Waals surface area contributed by atoms with Crippen molar-refractivity contribution in [2.24, 2.45) is 5.92 Å². The van der Waals surface area contributed by atoms with Crippen LogP contribution in [0, 0.1) is 5.92 Å². The molecule has 2 rings (SSSR count). The van der Waals surface area contributed by atoms with Gasteiger partial charge in [-0.05, 0) is 42.9 Å². The summed E-state index contributed by atoms with van der Waals surface area (Å²) in [5.41, 5.74) is -0.0179. The van der Waals surface area contributed by atoms with Crippen molar-refractivity contribution in [3.05, 3.63) is 29.8 Å². The highest BCUT2D eigenvalue weighted by atomic mass is 16.5. The Kier molecular flexibility index (Phi) is 5.23. The number of aliphatic carboxylic acids is 1. The number of carboxylic acids is 1. The summed E-state index contributed by atoms with van der Waals surface area (Å²) in [7, 11) is 0. The number of rotatable bonds is 6. The summed E-state index contributed by atoms with van der Waals surface area (Å²) < 4.78 is 11.1. The van der Waals surface area contributed by atoms with Crippen LogP contribution in [-0.2, 0) is 14.9 Å². The van der Waals surface area contributed by atoms with Gasteiger partial charge in [0.15, 0.2) is 0 Å². The van der Waals surface area contributed by atoms with Gasteiger partial charge in [0.05, 0.1) is 12.0 Å². The molecular formula is C17H24O4. The van der Waals surface area contributed by atoms with Gasteiger partial charge in [0.2, 0.25) is 0 Å². The third-order valence-corrected chi connectivity index (χ3v) is 4.11. The van der Waals surface area contributed by atoms with Crippen molar-refractivity contribution in [1.82, 2.24) is 0 Å². The summed E-state index contributed by atoms with van der Waals surface area (Å²) >= 11 is 0. The Labute approximate surface area is 126 Å². The predicted molar refractivity (Wildman–Crippen MR) is 80.8 cm³/mol. The van der Waals surface area contributed by atoms with Gasteiger partial charge < -0.3 is 14.6 Å². The minimum Gasteiger partial charge on any atom is -0.494 e. The van der Waals surface area contributed by atoms with Crippen LogP contribution in [0.3, 0.4) is 0 Å². The minimum absolute atomic E-state index is 0.491. The molecule has 0 aromatic heterocycles. The molecule has 1 aliphatic rings. The van der Waals surface area contributed by atoms with Crippen molar-refractivity contribution in [3.63, 3.8) is 0 Å². The fourth-order valence-corrected chi connectivity index (χ4v) is 2.64. The van der Waals surface area contributed by atoms with Crippen molar-refractivity contribution in [2.45, 2.75) is 38.5 Å². The molecule has 0 saturated carbocycles. The molecule has 0 bridgehead atoms. The fourth-order valence-electron chi connectivity index (χ4n) is 2.64. The molecule has 0 atom stereocenters. The molecule has 1 saturated heterocycles. The Bertz CT molecular complexity index is 475. The molecule has 0 unspecified atom stereocenters. The van der Waals surface area contributed by atoms with Crippen LogP contribution in [0.5, 0.6) is 5.75 Å². The van der Waals surface area contributed by atoms with Gasteiger partial charge in [-0.15, -0.1) is 0 Å². The van der Waals surface area contributed by atoms with Gasteiger partial charge in [-0.1, -0.05) is 26.0 Å². The first-order valence-electron chi connectivity index (χ1n) is 7.59. The Balaban J connectivity index is 2.16. The maximum atomic E-state index is 11.8. The maximum Gasteiger partial charge on any atom is 0.314 e. The number of hydrogen-bond donors (Lipinski definition) is 1. The van der Waals surface area contributed by atoms with Gasteiger partial charge in [-0.3, -0.25) is 4.79 Å². The second kappa shape index (κ2) is 6.94. The van der Waals surface area contributed by atoms with Gasteiger partial charge in [0.1, 0.15) is 5.75 Å². The Morgan fingerprint density at radius 2 is 2.10 bits per heavy atom. The normalized spacial score (nSPS) is 17.7. The van der Waals surface area contributed by atoms with Gasteiger partial charge in [0, 0.05) is 13.2 Å². The van der Waals surface area contributed by atoms with E-state index < -0.39 is 11.4 Å². The second-order valence-electron chi connectivity index (χ2n) is 6.06. The van der Waals surface area contributed by atoms with Crippen molar-refractivity contribution in [3.8, 4) is 5.75 Å². The summed E-state index contributed by atoms with van der Waals surface area (Å²) in [6.45, 7) is 5.95. The van der Waals surface area contributed by atoms with E-state index >= 15 is 0 Å². The zero-order valence-electron chi connectivity index (χ0n) is 12.8. The molecule has 1 N–H and O–H groups in total. The molecule has 1 aromatic carbocycles. The van der Waals surface area contributed by atoms with Gasteiger partial charge in [-0.25, -0.2) is 0 Å². The third kappa shape index (κ3) is 3.76. The predicted octanol–water partition coefficient (Wildman–Crippen LogP) is 3.24. The lowest BCUT2D eigenvalue weighted by atomic mass is 9.74. The van der Waals surface area contributed by atoms with Gasteiger partial charge >= 0.3 is 5.97 Å². The van der Waals surface area contributed by atoms with Crippen molar-refractivity contribution in [2.75, 3.05) is 19.8 Å². The molecule has 0 radical (unpaired) electrons. The average molecular weight is 292 g/mol. The summed E-state index contributed by atoms with van der Waals surface area (Å²) in [5, 5.41) is 9.69. The third-order valence-electron chi connectivity index (χ3n) is 4.11. The molecule has 0 aliphatic carbocycles. The van der Waals surface area contributed by atoms with E-state index in [1.807, 2.05) is 24.3 Å². The Morgan fingerprint density at radius 1 is 1.38 bits per heavy atom. The standard InChI is InChI=1S/C17H24O4/c1-13(2)6-9-21-15-5-3-4-14(12-15)17(16(18)19)7-10-20-11-8-17/h3-5,12-13H,6-11H2,1-2H3,(H,18,19). The molecule has 4 nitrogen and oxygen atoms in total. The monoisotopic (exact) mass is 292 g/mol. The number of hydrogen-bond acceptors (Lipinski definition) is 3. The number of carbonyl (C=O) groups is 1. The number of ether oxygens (including phenoxy) is 2. The van der Waals surface area contributed by atoms with Crippen LogP contribution < -0.4 is 4.74 Å². The SMILES string of the molecule is CC(C)CCOc1cccc(C2(C(=O)O)CCOCC2)c1. The highest BCUT2D eigenvalue weighted by molar-refractivity contribution is 5.81. The topological polar surface area (TPSA) is 55.8 Å². The van der Waals surface area contributed by atoms with Crippen LogP contribution in [0.4, 0.5) is 0 Å². The minimum atomic E-state index is -0.838. The van der Waals surface area contributed by atoms with Crippen LogP contribution in [0.1, 0.15) is 38.7 Å². The first-order valence-corrected chi connectivity index (χ1v) is 7.59. The lowest BCUT2D eigenvalue weighted by Crippen LogP contribution is -2.41. The zero-order chi connectivity index (χ0) is 15.3. The average Bonchev–Trinajstić information content (AvgIpc) is 2.48. The van der Waals surface area contributed by atoms with Gasteiger partial charge in [0.25, 0.3) is 0 Å². The van der Waals surface area contributed by atoms with E-state index in [0.717, 1.165) is 17.7 Å². The highest BCUT2D eigenvalue weighted by Gasteiger charge is 2.42. The van der Waals surface area contributed by atoms with Crippen LogP contribution in [0.15, 0.2) is 24.3 Å². The Morgan fingerprint density at radius 3 is 2.71 bits per heavy atom. The van der Waals surface area contributed by atoms with Crippen molar-refractivity contribution in [1.29, 1.82) is 0 Å². The quantitative estimate of drug-likeness (QED) is 0.874. The summed E-state index contributed by atoms with van der Waals surface area (Å²) in [4.78, 5) is 11.8. The van der Waals surface area contributed by atoms with Crippen molar-refractivity contribution < 1.29 is 19.4 Å². The molecule has 4 heteroatoms. The highest BCUT2D eigenvalue weighted by Crippen LogP contribution is 2.36. The molecule has 116 valence electrons. The lowest BCUT2D eigenvalue weighted by Gasteiger charge is -2.33. The fraction of sp³-hybridized carbons (Fsp3) is 0.588. The van der Waals surface area contributed by atoms with Gasteiger partial charge in [-0.2, -0.15) is 0 Å². The van der Waals surface area contributed by atoms with Crippen molar-refractivity contribution >= 4 is 5.97 Å². The molecular weight excluding hydrogens is 268 g/mol. The first kappa shape index (κ1) is 15.8.